The van der Waals surface area contributed by atoms with Crippen molar-refractivity contribution < 1.29 is 23.9 Å². The summed E-state index contributed by atoms with van der Waals surface area (Å²) in [5, 5.41) is 5.26. The Hall–Kier alpha value is -3.68. The van der Waals surface area contributed by atoms with E-state index in [1.807, 2.05) is 0 Å². The van der Waals surface area contributed by atoms with Crippen molar-refractivity contribution in [2.24, 2.45) is 0 Å². The number of likely N-dealkylation sites (tertiary alicyclic amines) is 1. The number of nitrogens with zero attached hydrogens (tertiary/aromatic N) is 1. The molecular weight excluding hydrogens is 374 g/mol. The summed E-state index contributed by atoms with van der Waals surface area (Å²) in [6, 6.07) is 11.4. The third-order valence-corrected chi connectivity index (χ3v) is 4.66. The van der Waals surface area contributed by atoms with E-state index in [-0.39, 0.29) is 48.6 Å². The van der Waals surface area contributed by atoms with Gasteiger partial charge in [-0.05, 0) is 35.9 Å². The highest BCUT2D eigenvalue weighted by Gasteiger charge is 2.28. The van der Waals surface area contributed by atoms with Gasteiger partial charge in [-0.2, -0.15) is 0 Å². The standard InChI is InChI=1S/C21H21N3O5/c1-22-21(28)16-11-15(29-2)7-8-17(16)23-20(27)14-5-3-13(4-6-14)12-24-18(25)9-10-19(24)26/h3-8,11H,9-10,12H2,1-2H3,(H,22,28)(H,23,27). The van der Waals surface area contributed by atoms with E-state index in [2.05, 4.69) is 10.6 Å². The summed E-state index contributed by atoms with van der Waals surface area (Å²) >= 11 is 0. The van der Waals surface area contributed by atoms with Crippen LogP contribution in [0.2, 0.25) is 0 Å². The molecule has 0 aliphatic carbocycles. The number of imide groups is 1. The van der Waals surface area contributed by atoms with Crippen LogP contribution in [0.25, 0.3) is 0 Å². The summed E-state index contributed by atoms with van der Waals surface area (Å²) < 4.78 is 5.13. The molecule has 4 amide bonds. The molecule has 29 heavy (non-hydrogen) atoms. The SMILES string of the molecule is CNC(=O)c1cc(OC)ccc1NC(=O)c1ccc(CN2C(=O)CCC2=O)cc1. The van der Waals surface area contributed by atoms with Crippen molar-refractivity contribution in [2.45, 2.75) is 19.4 Å². The van der Waals surface area contributed by atoms with Crippen molar-refractivity contribution in [1.29, 1.82) is 0 Å². The maximum Gasteiger partial charge on any atom is 0.255 e. The molecule has 0 unspecified atom stereocenters. The number of methoxy groups -OCH3 is 1. The van der Waals surface area contributed by atoms with Crippen LogP contribution >= 0.6 is 0 Å². The minimum absolute atomic E-state index is 0.182. The van der Waals surface area contributed by atoms with Gasteiger partial charge in [-0.3, -0.25) is 24.1 Å². The van der Waals surface area contributed by atoms with Crippen molar-refractivity contribution in [1.82, 2.24) is 10.2 Å². The number of amides is 4. The number of ether oxygens (including phenoxy) is 1. The fraction of sp³-hybridized carbons (Fsp3) is 0.238. The molecule has 1 fully saturated rings. The van der Waals surface area contributed by atoms with E-state index in [0.29, 0.717) is 17.0 Å². The van der Waals surface area contributed by atoms with E-state index in [1.165, 1.54) is 19.1 Å². The Morgan fingerprint density at radius 3 is 2.24 bits per heavy atom. The van der Waals surface area contributed by atoms with Crippen molar-refractivity contribution in [2.75, 3.05) is 19.5 Å². The van der Waals surface area contributed by atoms with Crippen molar-refractivity contribution in [3.8, 4) is 5.75 Å². The predicted molar refractivity (Wildman–Crippen MR) is 106 cm³/mol. The molecule has 0 aromatic heterocycles. The molecule has 3 rings (SSSR count). The van der Waals surface area contributed by atoms with Crippen LogP contribution in [0.4, 0.5) is 5.69 Å². The zero-order chi connectivity index (χ0) is 21.0. The van der Waals surface area contributed by atoms with Gasteiger partial charge >= 0.3 is 0 Å². The largest absolute Gasteiger partial charge is 0.497 e. The van der Waals surface area contributed by atoms with Gasteiger partial charge < -0.3 is 15.4 Å². The summed E-state index contributed by atoms with van der Waals surface area (Å²) in [7, 11) is 2.99. The van der Waals surface area contributed by atoms with Gasteiger partial charge in [0, 0.05) is 25.5 Å². The molecule has 2 aromatic carbocycles. The lowest BCUT2D eigenvalue weighted by Gasteiger charge is -2.14. The summed E-state index contributed by atoms with van der Waals surface area (Å²) in [4.78, 5) is 49.4. The van der Waals surface area contributed by atoms with Gasteiger partial charge in [0.1, 0.15) is 5.75 Å². The second-order valence-electron chi connectivity index (χ2n) is 6.52. The molecule has 8 nitrogen and oxygen atoms in total. The van der Waals surface area contributed by atoms with Crippen LogP contribution in [0.15, 0.2) is 42.5 Å². The molecule has 0 radical (unpaired) electrons. The van der Waals surface area contributed by atoms with Crippen molar-refractivity contribution in [3.05, 3.63) is 59.2 Å². The highest BCUT2D eigenvalue weighted by Crippen LogP contribution is 2.23. The smallest absolute Gasteiger partial charge is 0.255 e. The molecule has 0 spiro atoms. The number of rotatable bonds is 6. The lowest BCUT2D eigenvalue weighted by molar-refractivity contribution is -0.139. The number of anilines is 1. The number of hydrogen-bond acceptors (Lipinski definition) is 5. The van der Waals surface area contributed by atoms with Crippen LogP contribution in [-0.4, -0.2) is 42.7 Å². The minimum atomic E-state index is -0.389. The number of nitrogens with one attached hydrogen (secondary N) is 2. The first-order chi connectivity index (χ1) is 13.9. The average Bonchev–Trinajstić information content (AvgIpc) is 3.06. The van der Waals surface area contributed by atoms with Crippen molar-refractivity contribution >= 4 is 29.3 Å². The first kappa shape index (κ1) is 20.1. The summed E-state index contributed by atoms with van der Waals surface area (Å²) in [6.45, 7) is 0.193. The van der Waals surface area contributed by atoms with E-state index >= 15 is 0 Å². The van der Waals surface area contributed by atoms with E-state index in [0.717, 1.165) is 5.56 Å². The maximum atomic E-state index is 12.6. The Labute approximate surface area is 167 Å². The lowest BCUT2D eigenvalue weighted by atomic mass is 10.1. The van der Waals surface area contributed by atoms with E-state index in [4.69, 9.17) is 4.74 Å². The normalized spacial score (nSPS) is 13.4. The predicted octanol–water partition coefficient (Wildman–Crippen LogP) is 1.96. The summed E-state index contributed by atoms with van der Waals surface area (Å²) in [6.07, 6.45) is 0.490. The van der Waals surface area contributed by atoms with Crippen LogP contribution in [0.1, 0.15) is 39.1 Å². The number of hydrogen-bond donors (Lipinski definition) is 2. The fourth-order valence-corrected chi connectivity index (χ4v) is 3.02. The van der Waals surface area contributed by atoms with Crippen LogP contribution in [0.3, 0.4) is 0 Å². The first-order valence-electron chi connectivity index (χ1n) is 9.06. The Bertz CT molecular complexity index is 953. The topological polar surface area (TPSA) is 105 Å². The highest BCUT2D eigenvalue weighted by atomic mass is 16.5. The van der Waals surface area contributed by atoms with Gasteiger partial charge in [0.25, 0.3) is 11.8 Å². The van der Waals surface area contributed by atoms with Crippen LogP contribution in [0, 0.1) is 0 Å². The number of benzene rings is 2. The molecule has 1 saturated heterocycles. The average molecular weight is 395 g/mol. The Balaban J connectivity index is 1.74. The van der Waals surface area contributed by atoms with Gasteiger partial charge in [-0.25, -0.2) is 0 Å². The third-order valence-electron chi connectivity index (χ3n) is 4.66. The third kappa shape index (κ3) is 4.43. The highest BCUT2D eigenvalue weighted by molar-refractivity contribution is 6.09. The van der Waals surface area contributed by atoms with Crippen LogP contribution < -0.4 is 15.4 Å². The van der Waals surface area contributed by atoms with Gasteiger partial charge in [0.05, 0.1) is 24.9 Å². The lowest BCUT2D eigenvalue weighted by Crippen LogP contribution is -2.28. The van der Waals surface area contributed by atoms with Gasteiger partial charge in [0.2, 0.25) is 11.8 Å². The van der Waals surface area contributed by atoms with E-state index in [9.17, 15) is 19.2 Å². The van der Waals surface area contributed by atoms with Crippen LogP contribution in [-0.2, 0) is 16.1 Å². The molecule has 1 aliphatic heterocycles. The second kappa shape index (κ2) is 8.55. The number of carbonyl (C=O) groups is 4. The zero-order valence-corrected chi connectivity index (χ0v) is 16.2. The quantitative estimate of drug-likeness (QED) is 0.728. The fourth-order valence-electron chi connectivity index (χ4n) is 3.02. The van der Waals surface area contributed by atoms with Gasteiger partial charge in [0.15, 0.2) is 0 Å². The Morgan fingerprint density at radius 2 is 1.66 bits per heavy atom. The molecule has 1 heterocycles. The molecule has 0 atom stereocenters. The molecule has 0 bridgehead atoms. The summed E-state index contributed by atoms with van der Waals surface area (Å²) in [5.74, 6) is -0.609. The van der Waals surface area contributed by atoms with Crippen LogP contribution in [0.5, 0.6) is 5.75 Å². The molecule has 2 N–H and O–H groups in total. The minimum Gasteiger partial charge on any atom is -0.497 e. The maximum absolute atomic E-state index is 12.6. The second-order valence-corrected chi connectivity index (χ2v) is 6.52. The monoisotopic (exact) mass is 395 g/mol. The first-order valence-corrected chi connectivity index (χ1v) is 9.06. The Morgan fingerprint density at radius 1 is 1.00 bits per heavy atom. The molecule has 150 valence electrons. The van der Waals surface area contributed by atoms with E-state index < -0.39 is 0 Å². The van der Waals surface area contributed by atoms with E-state index in [1.54, 1.807) is 42.5 Å². The molecular formula is C21H21N3O5. The molecule has 2 aromatic rings. The molecule has 1 aliphatic rings. The van der Waals surface area contributed by atoms with Gasteiger partial charge in [-0.1, -0.05) is 12.1 Å². The number of carbonyl (C=O) groups excluding carboxylic acids is 4. The molecule has 8 heteroatoms. The Kier molecular flexibility index (Phi) is 5.92. The molecule has 0 saturated carbocycles. The zero-order valence-electron chi connectivity index (χ0n) is 16.2. The van der Waals surface area contributed by atoms with Crippen molar-refractivity contribution in [3.63, 3.8) is 0 Å². The van der Waals surface area contributed by atoms with Gasteiger partial charge in [-0.15, -0.1) is 0 Å². The summed E-state index contributed by atoms with van der Waals surface area (Å²) in [5.41, 5.74) is 1.77.